The Morgan fingerprint density at radius 2 is 1.93 bits per heavy atom. The van der Waals surface area contributed by atoms with Crippen molar-refractivity contribution in [2.75, 3.05) is 26.2 Å². The van der Waals surface area contributed by atoms with Gasteiger partial charge in [0.25, 0.3) is 0 Å². The molecule has 2 aliphatic heterocycles. The van der Waals surface area contributed by atoms with Crippen LogP contribution >= 0.6 is 0 Å². The van der Waals surface area contributed by atoms with E-state index in [0.29, 0.717) is 32.7 Å². The highest BCUT2D eigenvalue weighted by Gasteiger charge is 2.34. The van der Waals surface area contributed by atoms with Gasteiger partial charge in [-0.05, 0) is 30.5 Å². The van der Waals surface area contributed by atoms with Crippen molar-refractivity contribution in [2.45, 2.75) is 37.8 Å². The molecule has 0 bridgehead atoms. The lowest BCUT2D eigenvalue weighted by atomic mass is 9.95. The highest BCUT2D eigenvalue weighted by atomic mass is 19.1. The van der Waals surface area contributed by atoms with Crippen molar-refractivity contribution in [3.63, 3.8) is 0 Å². The van der Waals surface area contributed by atoms with Gasteiger partial charge in [0, 0.05) is 38.6 Å². The molecule has 2 aliphatic rings. The number of halogens is 1. The number of nitrogens with one attached hydrogen (secondary N) is 2. The predicted molar refractivity (Wildman–Crippen MR) is 103 cm³/mol. The van der Waals surface area contributed by atoms with Crippen LogP contribution in [0, 0.1) is 5.82 Å². The second-order valence-electron chi connectivity index (χ2n) is 7.63. The number of carbonyl (C=O) groups is 2. The maximum Gasteiger partial charge on any atom is 0.237 e. The Kier molecular flexibility index (Phi) is 5.84. The summed E-state index contributed by atoms with van der Waals surface area (Å²) in [6.45, 7) is 3.02. The van der Waals surface area contributed by atoms with Gasteiger partial charge in [0.05, 0.1) is 12.5 Å². The fourth-order valence-electron chi connectivity index (χ4n) is 4.11. The molecule has 0 saturated carbocycles. The molecule has 0 aliphatic carbocycles. The quantitative estimate of drug-likeness (QED) is 0.782. The lowest BCUT2D eigenvalue weighted by Gasteiger charge is -2.37. The summed E-state index contributed by atoms with van der Waals surface area (Å²) >= 11 is 0. The second-order valence-corrected chi connectivity index (χ2v) is 7.63. The Bertz CT molecular complexity index is 833. The Hall–Kier alpha value is -2.81. The lowest BCUT2D eigenvalue weighted by molar-refractivity contribution is -0.139. The molecular formula is C20H25FN6O2. The minimum Gasteiger partial charge on any atom is -0.353 e. The van der Waals surface area contributed by atoms with E-state index in [2.05, 4.69) is 20.5 Å². The van der Waals surface area contributed by atoms with Crippen molar-refractivity contribution in [1.29, 1.82) is 0 Å². The predicted octanol–water partition coefficient (Wildman–Crippen LogP) is 1.04. The molecule has 2 saturated heterocycles. The average Bonchev–Trinajstić information content (AvgIpc) is 3.27. The van der Waals surface area contributed by atoms with E-state index in [4.69, 9.17) is 0 Å². The van der Waals surface area contributed by atoms with Crippen LogP contribution in [-0.2, 0) is 16.1 Å². The number of H-pyrrole nitrogens is 1. The monoisotopic (exact) mass is 400 g/mol. The molecule has 1 aromatic carbocycles. The number of hydrogen-bond donors (Lipinski definition) is 2. The third kappa shape index (κ3) is 4.61. The summed E-state index contributed by atoms with van der Waals surface area (Å²) in [4.78, 5) is 33.4. The summed E-state index contributed by atoms with van der Waals surface area (Å²) in [7, 11) is 0. The van der Waals surface area contributed by atoms with Crippen molar-refractivity contribution in [3.8, 4) is 0 Å². The Balaban J connectivity index is 1.36. The van der Waals surface area contributed by atoms with Crippen molar-refractivity contribution >= 4 is 11.8 Å². The van der Waals surface area contributed by atoms with Crippen LogP contribution in [0.2, 0.25) is 0 Å². The van der Waals surface area contributed by atoms with Gasteiger partial charge in [-0.3, -0.25) is 19.6 Å². The van der Waals surface area contributed by atoms with Gasteiger partial charge in [0.1, 0.15) is 18.0 Å². The third-order valence-electron chi connectivity index (χ3n) is 5.78. The number of nitrogens with zero attached hydrogens (tertiary/aromatic N) is 4. The zero-order valence-corrected chi connectivity index (χ0v) is 16.2. The van der Waals surface area contributed by atoms with E-state index in [1.807, 2.05) is 9.80 Å². The van der Waals surface area contributed by atoms with Crippen LogP contribution in [0.15, 0.2) is 30.6 Å². The van der Waals surface area contributed by atoms with Gasteiger partial charge in [0.15, 0.2) is 0 Å². The first kappa shape index (κ1) is 19.5. The molecule has 0 spiro atoms. The molecular weight excluding hydrogens is 375 g/mol. The first-order chi connectivity index (χ1) is 14.1. The van der Waals surface area contributed by atoms with Crippen LogP contribution in [0.3, 0.4) is 0 Å². The smallest absolute Gasteiger partial charge is 0.237 e. The maximum absolute atomic E-state index is 13.2. The maximum atomic E-state index is 13.2. The first-order valence-corrected chi connectivity index (χ1v) is 9.99. The number of piperidine rings is 1. The van der Waals surface area contributed by atoms with Crippen molar-refractivity contribution in [3.05, 3.63) is 47.8 Å². The van der Waals surface area contributed by atoms with Crippen molar-refractivity contribution in [2.24, 2.45) is 0 Å². The van der Waals surface area contributed by atoms with Gasteiger partial charge < -0.3 is 10.2 Å². The average molecular weight is 400 g/mol. The molecule has 4 rings (SSSR count). The van der Waals surface area contributed by atoms with Crippen LogP contribution in [0.4, 0.5) is 4.39 Å². The SMILES string of the molecule is O=C1NCCN(Cc2ccc(F)cc2)[C@@H]1CC(=O)N1CCC(c2ncn[nH]2)CC1. The number of carbonyl (C=O) groups excluding carboxylic acids is 2. The normalized spacial score (nSPS) is 21.2. The summed E-state index contributed by atoms with van der Waals surface area (Å²) in [5.41, 5.74) is 0.923. The number of benzene rings is 1. The van der Waals surface area contributed by atoms with E-state index in [1.54, 1.807) is 12.1 Å². The summed E-state index contributed by atoms with van der Waals surface area (Å²) < 4.78 is 13.2. The number of rotatable bonds is 5. The topological polar surface area (TPSA) is 94.2 Å². The van der Waals surface area contributed by atoms with E-state index >= 15 is 0 Å². The fraction of sp³-hybridized carbons (Fsp3) is 0.500. The van der Waals surface area contributed by atoms with Gasteiger partial charge in [0.2, 0.25) is 11.8 Å². The molecule has 154 valence electrons. The molecule has 0 radical (unpaired) electrons. The van der Waals surface area contributed by atoms with Gasteiger partial charge in [-0.2, -0.15) is 5.10 Å². The van der Waals surface area contributed by atoms with Crippen LogP contribution in [0.1, 0.15) is 36.6 Å². The number of likely N-dealkylation sites (tertiary alicyclic amines) is 1. The van der Waals surface area contributed by atoms with Crippen molar-refractivity contribution in [1.82, 2.24) is 30.3 Å². The minimum atomic E-state index is -0.506. The molecule has 1 aromatic heterocycles. The highest BCUT2D eigenvalue weighted by Crippen LogP contribution is 2.26. The van der Waals surface area contributed by atoms with Crippen LogP contribution in [0.5, 0.6) is 0 Å². The Labute approximate surface area is 168 Å². The highest BCUT2D eigenvalue weighted by molar-refractivity contribution is 5.88. The zero-order valence-electron chi connectivity index (χ0n) is 16.2. The molecule has 8 nitrogen and oxygen atoms in total. The van der Waals surface area contributed by atoms with Gasteiger partial charge in [-0.1, -0.05) is 12.1 Å². The van der Waals surface area contributed by atoms with E-state index in [0.717, 1.165) is 24.2 Å². The third-order valence-corrected chi connectivity index (χ3v) is 5.78. The molecule has 1 atom stereocenters. The van der Waals surface area contributed by atoms with Gasteiger partial charge in [-0.15, -0.1) is 0 Å². The van der Waals surface area contributed by atoms with E-state index in [9.17, 15) is 14.0 Å². The number of aromatic amines is 1. The zero-order chi connectivity index (χ0) is 20.2. The largest absolute Gasteiger partial charge is 0.353 e. The number of piperazine rings is 1. The van der Waals surface area contributed by atoms with Crippen LogP contribution < -0.4 is 5.32 Å². The van der Waals surface area contributed by atoms with E-state index in [1.165, 1.54) is 18.5 Å². The number of amides is 2. The molecule has 29 heavy (non-hydrogen) atoms. The second kappa shape index (κ2) is 8.69. The summed E-state index contributed by atoms with van der Waals surface area (Å²) in [6, 6.07) is 5.76. The summed E-state index contributed by atoms with van der Waals surface area (Å²) in [5.74, 6) is 0.741. The minimum absolute atomic E-state index is 0.00724. The van der Waals surface area contributed by atoms with Crippen LogP contribution in [-0.4, -0.2) is 69.0 Å². The molecule has 3 heterocycles. The number of aromatic nitrogens is 3. The standard InChI is InChI=1S/C20H25FN6O2/c21-16-3-1-14(2-4-16)12-27-10-7-22-20(29)17(27)11-18(28)26-8-5-15(6-9-26)19-23-13-24-25-19/h1-4,13,15,17H,5-12H2,(H,22,29)(H,23,24,25)/t17-/m1/s1. The lowest BCUT2D eigenvalue weighted by Crippen LogP contribution is -2.56. The van der Waals surface area contributed by atoms with Crippen LogP contribution in [0.25, 0.3) is 0 Å². The van der Waals surface area contributed by atoms with Gasteiger partial charge >= 0.3 is 0 Å². The summed E-state index contributed by atoms with van der Waals surface area (Å²) in [5, 5.41) is 9.66. The fourth-order valence-corrected chi connectivity index (χ4v) is 4.11. The molecule has 2 fully saturated rings. The van der Waals surface area contributed by atoms with Crippen molar-refractivity contribution < 1.29 is 14.0 Å². The Morgan fingerprint density at radius 3 is 2.62 bits per heavy atom. The molecule has 2 aromatic rings. The first-order valence-electron chi connectivity index (χ1n) is 9.99. The summed E-state index contributed by atoms with van der Waals surface area (Å²) in [6.07, 6.45) is 3.32. The van der Waals surface area contributed by atoms with E-state index in [-0.39, 0.29) is 30.0 Å². The molecule has 2 N–H and O–H groups in total. The molecule has 0 unspecified atom stereocenters. The number of hydrogen-bond acceptors (Lipinski definition) is 5. The Morgan fingerprint density at radius 1 is 1.17 bits per heavy atom. The molecule has 9 heteroatoms. The molecule has 2 amide bonds. The van der Waals surface area contributed by atoms with E-state index < -0.39 is 6.04 Å². The van der Waals surface area contributed by atoms with Gasteiger partial charge in [-0.25, -0.2) is 9.37 Å².